The number of hydrogen-bond acceptors (Lipinski definition) is 13. The van der Waals surface area contributed by atoms with Crippen LogP contribution < -0.4 is 25.6 Å². The van der Waals surface area contributed by atoms with E-state index in [9.17, 15) is 37.5 Å². The summed E-state index contributed by atoms with van der Waals surface area (Å²) in [7, 11) is -1.78. The number of piperidine rings is 3. The lowest BCUT2D eigenvalue weighted by Crippen LogP contribution is -2.55. The van der Waals surface area contributed by atoms with Crippen LogP contribution >= 0.6 is 0 Å². The summed E-state index contributed by atoms with van der Waals surface area (Å²) in [5.41, 5.74) is 4.80. The lowest BCUT2D eigenvalue weighted by atomic mass is 9.85. The third kappa shape index (κ3) is 10.3. The van der Waals surface area contributed by atoms with E-state index in [2.05, 4.69) is 44.5 Å². The fraction of sp³-hybridized carbons (Fsp3) is 0.360. The average Bonchev–Trinajstić information content (AvgIpc) is 3.88. The van der Waals surface area contributed by atoms with Gasteiger partial charge in [0.05, 0.1) is 11.4 Å². The molecule has 4 aliphatic heterocycles. The quantitative estimate of drug-likeness (QED) is 0.0732. The first-order valence-corrected chi connectivity index (χ1v) is 24.4. The van der Waals surface area contributed by atoms with Gasteiger partial charge in [-0.05, 0) is 117 Å². The molecule has 4 aromatic carbocycles. The van der Waals surface area contributed by atoms with Crippen molar-refractivity contribution in [1.29, 1.82) is 0 Å². The standard InChI is InChI=1S/C27H32N4O8S.C23H23N3O3/c1-27(2)14-21(10-11-31(27)40(36,37)16-17-6-4-8-19(12-17)28-3)29-20-9-5-7-18(13-20)24-30-25(38-15-22(32)33)23(39-24)26(34)35;1-2-25-12-10-14(11-13-25)15-6-7-18-21-16(15)4-3-5-17(21)23(29)26(18)19-8-9-20(27)24-22(19)28/h4-9,12-13,21,28-29H,10-11,14-16H2,1-3H3,(H,32,33)(H,34,35);2-7,14,19H,1,8-13H2,(H,24,27,28). The number of likely N-dealkylation sites (tertiary alicyclic amines) is 1. The lowest BCUT2D eigenvalue weighted by molar-refractivity contribution is -0.139. The molecule has 1 aromatic heterocycles. The summed E-state index contributed by atoms with van der Waals surface area (Å²) in [6, 6.07) is 23.6. The van der Waals surface area contributed by atoms with E-state index < -0.39 is 57.7 Å². The van der Waals surface area contributed by atoms with Gasteiger partial charge in [-0.15, -0.1) is 0 Å². The summed E-state index contributed by atoms with van der Waals surface area (Å²) in [6.45, 7) is 9.25. The van der Waals surface area contributed by atoms with Gasteiger partial charge in [0.1, 0.15) is 6.04 Å². The number of amides is 3. The number of aliphatic carboxylic acids is 1. The molecule has 5 N–H and O–H groups in total. The normalized spacial score (nSPS) is 19.4. The first kappa shape index (κ1) is 48.2. The minimum atomic E-state index is -3.57. The Balaban J connectivity index is 0.000000195. The van der Waals surface area contributed by atoms with Crippen LogP contribution in [0.15, 0.2) is 96.1 Å². The van der Waals surface area contributed by atoms with E-state index in [0.29, 0.717) is 54.1 Å². The first-order chi connectivity index (χ1) is 33.0. The van der Waals surface area contributed by atoms with E-state index in [1.54, 1.807) is 40.5 Å². The molecule has 0 aliphatic carbocycles. The number of carbonyl (C=O) groups excluding carboxylic acids is 3. The summed E-state index contributed by atoms with van der Waals surface area (Å²) >= 11 is 0. The van der Waals surface area contributed by atoms with E-state index in [-0.39, 0.29) is 35.9 Å². The summed E-state index contributed by atoms with van der Waals surface area (Å²) in [6.07, 6.45) is 5.75. The zero-order valence-corrected chi connectivity index (χ0v) is 39.4. The van der Waals surface area contributed by atoms with E-state index in [1.807, 2.05) is 62.5 Å². The maximum absolute atomic E-state index is 13.4. The maximum Gasteiger partial charge on any atom is 0.377 e. The Morgan fingerprint density at radius 2 is 1.70 bits per heavy atom. The monoisotopic (exact) mass is 961 g/mol. The van der Waals surface area contributed by atoms with Gasteiger partial charge in [0, 0.05) is 72.6 Å². The van der Waals surface area contributed by atoms with Crippen molar-refractivity contribution < 1.29 is 51.8 Å². The number of nitrogens with zero attached hydrogens (tertiary/aromatic N) is 4. The van der Waals surface area contributed by atoms with E-state index in [4.69, 9.17) is 14.3 Å². The molecule has 0 spiro atoms. The van der Waals surface area contributed by atoms with Crippen molar-refractivity contribution in [3.63, 3.8) is 0 Å². The van der Waals surface area contributed by atoms with Crippen molar-refractivity contribution in [3.05, 3.63) is 114 Å². The Hall–Kier alpha value is -7.25. The highest BCUT2D eigenvalue weighted by Gasteiger charge is 2.43. The highest BCUT2D eigenvalue weighted by molar-refractivity contribution is 7.88. The zero-order valence-electron chi connectivity index (χ0n) is 38.6. The number of ether oxygens (including phenoxy) is 1. The molecule has 3 amide bonds. The molecule has 69 heavy (non-hydrogen) atoms. The Bertz CT molecular complexity index is 2940. The highest BCUT2D eigenvalue weighted by Crippen LogP contribution is 2.44. The number of aromatic nitrogens is 1. The molecule has 3 fully saturated rings. The summed E-state index contributed by atoms with van der Waals surface area (Å²) in [4.78, 5) is 67.4. The van der Waals surface area contributed by atoms with Crippen LogP contribution in [0.5, 0.6) is 5.88 Å². The Morgan fingerprint density at radius 1 is 0.957 bits per heavy atom. The molecule has 9 rings (SSSR count). The number of rotatable bonds is 14. The number of sulfonamides is 1. The number of oxazole rings is 1. The molecule has 3 saturated heterocycles. The van der Waals surface area contributed by atoms with Crippen LogP contribution in [0, 0.1) is 0 Å². The number of nitrogens with one attached hydrogen (secondary N) is 3. The van der Waals surface area contributed by atoms with Gasteiger partial charge in [0.25, 0.3) is 17.5 Å². The van der Waals surface area contributed by atoms with Crippen LogP contribution in [-0.4, -0.2) is 113 Å². The average molecular weight is 962 g/mol. The van der Waals surface area contributed by atoms with Gasteiger partial charge in [0.15, 0.2) is 6.61 Å². The molecule has 2 atom stereocenters. The van der Waals surface area contributed by atoms with Crippen molar-refractivity contribution in [3.8, 4) is 17.3 Å². The van der Waals surface area contributed by atoms with Crippen LogP contribution in [0.3, 0.4) is 0 Å². The molecule has 5 aromatic rings. The molecule has 0 bridgehead atoms. The second kappa shape index (κ2) is 19.8. The Kier molecular flexibility index (Phi) is 13.8. The third-order valence-electron chi connectivity index (χ3n) is 13.1. The van der Waals surface area contributed by atoms with Gasteiger partial charge in [-0.2, -0.15) is 9.29 Å². The fourth-order valence-electron chi connectivity index (χ4n) is 9.91. The highest BCUT2D eigenvalue weighted by atomic mass is 32.2. The van der Waals surface area contributed by atoms with E-state index >= 15 is 0 Å². The molecular formula is C50H55N7O11S. The number of benzene rings is 4. The van der Waals surface area contributed by atoms with Gasteiger partial charge in [-0.25, -0.2) is 18.0 Å². The fourth-order valence-corrected chi connectivity index (χ4v) is 11.9. The minimum Gasteiger partial charge on any atom is -0.479 e. The molecule has 5 heterocycles. The predicted molar refractivity (Wildman–Crippen MR) is 259 cm³/mol. The number of anilines is 3. The van der Waals surface area contributed by atoms with Gasteiger partial charge < -0.3 is 34.9 Å². The molecule has 19 heteroatoms. The van der Waals surface area contributed by atoms with Crippen LogP contribution in [-0.2, 0) is 30.2 Å². The summed E-state index contributed by atoms with van der Waals surface area (Å²) < 4.78 is 38.7. The van der Waals surface area contributed by atoms with Crippen LogP contribution in [0.2, 0.25) is 0 Å². The predicted octanol–water partition coefficient (Wildman–Crippen LogP) is 6.66. The second-order valence-corrected chi connectivity index (χ2v) is 20.1. The minimum absolute atomic E-state index is 0.0297. The van der Waals surface area contributed by atoms with Crippen molar-refractivity contribution >= 4 is 67.5 Å². The van der Waals surface area contributed by atoms with E-state index in [0.717, 1.165) is 48.1 Å². The lowest BCUT2D eigenvalue weighted by Gasteiger charge is -2.45. The van der Waals surface area contributed by atoms with Gasteiger partial charge in [-0.1, -0.05) is 43.0 Å². The topological polar surface area (TPSA) is 241 Å². The van der Waals surface area contributed by atoms with Crippen molar-refractivity contribution in [1.82, 2.24) is 19.5 Å². The zero-order chi connectivity index (χ0) is 49.2. The van der Waals surface area contributed by atoms with Crippen LogP contribution in [0.4, 0.5) is 17.1 Å². The van der Waals surface area contributed by atoms with Crippen molar-refractivity contribution in [2.75, 3.05) is 48.8 Å². The van der Waals surface area contributed by atoms with Crippen LogP contribution in [0.1, 0.15) is 90.3 Å². The van der Waals surface area contributed by atoms with E-state index in [1.165, 1.54) is 5.56 Å². The summed E-state index contributed by atoms with van der Waals surface area (Å²) in [5.74, 6) is -4.24. The molecule has 362 valence electrons. The van der Waals surface area contributed by atoms with Gasteiger partial charge in [-0.3, -0.25) is 24.6 Å². The Labute approximate surface area is 399 Å². The number of carboxylic acids is 2. The smallest absolute Gasteiger partial charge is 0.377 e. The van der Waals surface area contributed by atoms with Gasteiger partial charge >= 0.3 is 11.9 Å². The molecule has 0 radical (unpaired) electrons. The first-order valence-electron chi connectivity index (χ1n) is 22.8. The molecular weight excluding hydrogens is 907 g/mol. The Morgan fingerprint density at radius 3 is 2.39 bits per heavy atom. The maximum atomic E-state index is 13.4. The number of imide groups is 1. The SMILES string of the molecule is C=CN1CCC(c2ccc3c4c(cccc24)C(=O)N3C2CCC(=O)NC2=O)CC1.CNc1cccc(CS(=O)(=O)N2CCC(Nc3cccc(-c4nc(OCC(=O)O)c(C(=O)O)o4)c3)CC2(C)C)c1. The van der Waals surface area contributed by atoms with Crippen LogP contribution in [0.25, 0.3) is 22.2 Å². The van der Waals surface area contributed by atoms with Crippen molar-refractivity contribution in [2.24, 2.45) is 0 Å². The number of carboxylic acid groups (broad SMARTS) is 2. The summed E-state index contributed by atoms with van der Waals surface area (Å²) in [5, 5.41) is 29.1. The largest absolute Gasteiger partial charge is 0.479 e. The molecule has 0 saturated carbocycles. The molecule has 2 unspecified atom stereocenters. The number of aromatic carboxylic acids is 1. The number of carbonyl (C=O) groups is 5. The third-order valence-corrected chi connectivity index (χ3v) is 15.2. The second-order valence-electron chi connectivity index (χ2n) is 18.2. The van der Waals surface area contributed by atoms with Gasteiger partial charge in [0.2, 0.25) is 27.7 Å². The number of hydrogen-bond donors (Lipinski definition) is 5. The molecule has 4 aliphatic rings. The molecule has 18 nitrogen and oxygen atoms in total. The van der Waals surface area contributed by atoms with Crippen molar-refractivity contribution in [2.45, 2.75) is 81.7 Å².